The summed E-state index contributed by atoms with van der Waals surface area (Å²) in [6, 6.07) is 9.70. The highest BCUT2D eigenvalue weighted by Crippen LogP contribution is 2.23. The van der Waals surface area contributed by atoms with Gasteiger partial charge in [-0.05, 0) is 32.0 Å². The number of aryl methyl sites for hydroxylation is 1. The Morgan fingerprint density at radius 2 is 2.11 bits per heavy atom. The molecule has 0 N–H and O–H groups in total. The number of hydrogen-bond donors (Lipinski definition) is 0. The van der Waals surface area contributed by atoms with E-state index in [1.54, 1.807) is 0 Å². The van der Waals surface area contributed by atoms with Crippen LogP contribution in [-0.4, -0.2) is 37.0 Å². The third-order valence-electron chi connectivity index (χ3n) is 3.67. The standard InChI is InChI=1S/C15H19N3O/c1-12-6-3-4-7-13(12)18-11-5-10-17(2)14(8-9-16)15(18)19/h3-4,6-7,14H,5,8,10-11H2,1-2H3. The number of anilines is 1. The maximum absolute atomic E-state index is 12.6. The van der Waals surface area contributed by atoms with Crippen LogP contribution in [0, 0.1) is 18.3 Å². The zero-order valence-electron chi connectivity index (χ0n) is 11.5. The van der Waals surface area contributed by atoms with Gasteiger partial charge in [-0.15, -0.1) is 0 Å². The number of para-hydroxylation sites is 1. The van der Waals surface area contributed by atoms with Crippen molar-refractivity contribution in [3.8, 4) is 6.07 Å². The molecular formula is C15H19N3O. The molecule has 0 radical (unpaired) electrons. The molecule has 100 valence electrons. The zero-order chi connectivity index (χ0) is 13.8. The van der Waals surface area contributed by atoms with Crippen molar-refractivity contribution in [3.63, 3.8) is 0 Å². The number of nitrogens with zero attached hydrogens (tertiary/aromatic N) is 3. The minimum atomic E-state index is -0.327. The molecule has 2 rings (SSSR count). The minimum absolute atomic E-state index is 0.0378. The van der Waals surface area contributed by atoms with Crippen LogP contribution in [0.3, 0.4) is 0 Å². The van der Waals surface area contributed by atoms with Crippen molar-refractivity contribution in [3.05, 3.63) is 29.8 Å². The molecule has 0 saturated carbocycles. The fourth-order valence-electron chi connectivity index (χ4n) is 2.55. The second kappa shape index (κ2) is 5.85. The Labute approximate surface area is 114 Å². The van der Waals surface area contributed by atoms with E-state index in [2.05, 4.69) is 6.07 Å². The molecule has 0 aromatic heterocycles. The smallest absolute Gasteiger partial charge is 0.245 e. The first kappa shape index (κ1) is 13.6. The molecule has 1 aromatic carbocycles. The largest absolute Gasteiger partial charge is 0.311 e. The van der Waals surface area contributed by atoms with Crippen LogP contribution in [0.4, 0.5) is 5.69 Å². The van der Waals surface area contributed by atoms with Crippen molar-refractivity contribution in [1.29, 1.82) is 5.26 Å². The molecule has 0 aliphatic carbocycles. The average Bonchev–Trinajstić information content (AvgIpc) is 2.53. The van der Waals surface area contributed by atoms with E-state index in [1.165, 1.54) is 0 Å². The molecule has 1 aliphatic heterocycles. The summed E-state index contributed by atoms with van der Waals surface area (Å²) < 4.78 is 0. The van der Waals surface area contributed by atoms with Gasteiger partial charge in [0.2, 0.25) is 5.91 Å². The van der Waals surface area contributed by atoms with Crippen LogP contribution in [0.2, 0.25) is 0 Å². The molecule has 0 bridgehead atoms. The summed E-state index contributed by atoms with van der Waals surface area (Å²) in [6.45, 7) is 3.58. The third kappa shape index (κ3) is 2.77. The molecule has 1 atom stereocenters. The Morgan fingerprint density at radius 1 is 1.37 bits per heavy atom. The van der Waals surface area contributed by atoms with Gasteiger partial charge >= 0.3 is 0 Å². The second-order valence-electron chi connectivity index (χ2n) is 4.99. The first-order valence-electron chi connectivity index (χ1n) is 6.59. The molecule has 4 nitrogen and oxygen atoms in total. The Bertz CT molecular complexity index is 506. The van der Waals surface area contributed by atoms with Crippen LogP contribution in [0.5, 0.6) is 0 Å². The molecule has 1 amide bonds. The quantitative estimate of drug-likeness (QED) is 0.813. The fourth-order valence-corrected chi connectivity index (χ4v) is 2.55. The maximum atomic E-state index is 12.6. The fraction of sp³-hybridized carbons (Fsp3) is 0.467. The normalized spacial score (nSPS) is 21.0. The van der Waals surface area contributed by atoms with E-state index in [9.17, 15) is 4.79 Å². The van der Waals surface area contributed by atoms with Gasteiger partial charge in [0.25, 0.3) is 0 Å². The van der Waals surface area contributed by atoms with E-state index in [-0.39, 0.29) is 18.4 Å². The highest BCUT2D eigenvalue weighted by Gasteiger charge is 2.31. The van der Waals surface area contributed by atoms with Crippen molar-refractivity contribution in [2.24, 2.45) is 0 Å². The summed E-state index contributed by atoms with van der Waals surface area (Å²) in [5.41, 5.74) is 2.06. The van der Waals surface area contributed by atoms with Crippen molar-refractivity contribution in [1.82, 2.24) is 4.90 Å². The van der Waals surface area contributed by atoms with E-state index in [0.29, 0.717) is 0 Å². The number of hydrogen-bond acceptors (Lipinski definition) is 3. The Morgan fingerprint density at radius 3 is 2.79 bits per heavy atom. The van der Waals surface area contributed by atoms with Gasteiger partial charge in [-0.2, -0.15) is 5.26 Å². The summed E-state index contributed by atoms with van der Waals surface area (Å²) in [4.78, 5) is 16.5. The molecule has 1 aromatic rings. The summed E-state index contributed by atoms with van der Waals surface area (Å²) in [6.07, 6.45) is 1.18. The van der Waals surface area contributed by atoms with E-state index >= 15 is 0 Å². The van der Waals surface area contributed by atoms with E-state index in [0.717, 1.165) is 30.8 Å². The Kier molecular flexibility index (Phi) is 4.18. The van der Waals surface area contributed by atoms with Gasteiger partial charge in [0.05, 0.1) is 12.5 Å². The van der Waals surface area contributed by atoms with Gasteiger partial charge in [0, 0.05) is 18.8 Å². The topological polar surface area (TPSA) is 47.3 Å². The molecular weight excluding hydrogens is 238 g/mol. The lowest BCUT2D eigenvalue weighted by Crippen LogP contribution is -2.44. The minimum Gasteiger partial charge on any atom is -0.311 e. The zero-order valence-corrected chi connectivity index (χ0v) is 11.5. The van der Waals surface area contributed by atoms with Crippen molar-refractivity contribution < 1.29 is 4.79 Å². The number of rotatable bonds is 2. The van der Waals surface area contributed by atoms with Crippen LogP contribution in [0.1, 0.15) is 18.4 Å². The van der Waals surface area contributed by atoms with Crippen LogP contribution in [0.25, 0.3) is 0 Å². The van der Waals surface area contributed by atoms with E-state index in [1.807, 2.05) is 48.0 Å². The molecule has 19 heavy (non-hydrogen) atoms. The second-order valence-corrected chi connectivity index (χ2v) is 4.99. The lowest BCUT2D eigenvalue weighted by molar-refractivity contribution is -0.122. The van der Waals surface area contributed by atoms with Crippen molar-refractivity contribution >= 4 is 11.6 Å². The molecule has 1 aliphatic rings. The van der Waals surface area contributed by atoms with Crippen molar-refractivity contribution in [2.45, 2.75) is 25.8 Å². The van der Waals surface area contributed by atoms with Crippen LogP contribution < -0.4 is 4.90 Å². The van der Waals surface area contributed by atoms with Crippen molar-refractivity contribution in [2.75, 3.05) is 25.0 Å². The molecule has 4 heteroatoms. The van der Waals surface area contributed by atoms with Crippen LogP contribution in [0.15, 0.2) is 24.3 Å². The molecule has 0 spiro atoms. The van der Waals surface area contributed by atoms with Gasteiger partial charge in [0.15, 0.2) is 0 Å². The van der Waals surface area contributed by atoms with Gasteiger partial charge < -0.3 is 4.90 Å². The SMILES string of the molecule is Cc1ccccc1N1CCCN(C)C(CC#N)C1=O. The molecule has 1 saturated heterocycles. The number of benzene rings is 1. The maximum Gasteiger partial charge on any atom is 0.245 e. The van der Waals surface area contributed by atoms with Gasteiger partial charge in [0.1, 0.15) is 6.04 Å². The summed E-state index contributed by atoms with van der Waals surface area (Å²) in [5, 5.41) is 8.91. The summed E-state index contributed by atoms with van der Waals surface area (Å²) in [5.74, 6) is 0.0378. The number of amides is 1. The number of carbonyl (C=O) groups excluding carboxylic acids is 1. The molecule has 1 unspecified atom stereocenters. The monoisotopic (exact) mass is 257 g/mol. The summed E-state index contributed by atoms with van der Waals surface area (Å²) in [7, 11) is 1.92. The number of likely N-dealkylation sites (N-methyl/N-ethyl adjacent to an activating group) is 1. The first-order valence-corrected chi connectivity index (χ1v) is 6.59. The third-order valence-corrected chi connectivity index (χ3v) is 3.67. The Hall–Kier alpha value is -1.86. The number of nitriles is 1. The average molecular weight is 257 g/mol. The van der Waals surface area contributed by atoms with Gasteiger partial charge in [-0.1, -0.05) is 18.2 Å². The van der Waals surface area contributed by atoms with Crippen LogP contribution >= 0.6 is 0 Å². The molecule has 1 fully saturated rings. The lowest BCUT2D eigenvalue weighted by Gasteiger charge is -2.27. The Balaban J connectivity index is 2.33. The predicted molar refractivity (Wildman–Crippen MR) is 74.8 cm³/mol. The molecule has 1 heterocycles. The van der Waals surface area contributed by atoms with Gasteiger partial charge in [-0.3, -0.25) is 9.69 Å². The predicted octanol–water partition coefficient (Wildman–Crippen LogP) is 1.95. The lowest BCUT2D eigenvalue weighted by atomic mass is 10.1. The van der Waals surface area contributed by atoms with Crippen LogP contribution in [-0.2, 0) is 4.79 Å². The van der Waals surface area contributed by atoms with E-state index < -0.39 is 0 Å². The highest BCUT2D eigenvalue weighted by molar-refractivity contribution is 5.98. The van der Waals surface area contributed by atoms with Gasteiger partial charge in [-0.25, -0.2) is 0 Å². The first-order chi connectivity index (χ1) is 9.15. The number of carbonyl (C=O) groups is 1. The highest BCUT2D eigenvalue weighted by atomic mass is 16.2. The van der Waals surface area contributed by atoms with E-state index in [4.69, 9.17) is 5.26 Å². The summed E-state index contributed by atoms with van der Waals surface area (Å²) >= 11 is 0.